The third kappa shape index (κ3) is 2.82. The molecular weight excluding hydrogens is 317 g/mol. The van der Waals surface area contributed by atoms with Crippen LogP contribution in [0.2, 0.25) is 0 Å². The maximum Gasteiger partial charge on any atom is 0.265 e. The van der Waals surface area contributed by atoms with Crippen molar-refractivity contribution < 1.29 is 30.4 Å². The van der Waals surface area contributed by atoms with Crippen LogP contribution < -0.4 is 4.72 Å². The third-order valence-electron chi connectivity index (χ3n) is 2.47. The van der Waals surface area contributed by atoms with Gasteiger partial charge in [-0.25, -0.2) is 30.4 Å². The zero-order valence-corrected chi connectivity index (χ0v) is 10.8. The van der Waals surface area contributed by atoms with Gasteiger partial charge in [-0.15, -0.1) is 0 Å². The smallest absolute Gasteiger partial charge is 0.265 e. The van der Waals surface area contributed by atoms with Crippen molar-refractivity contribution in [3.63, 3.8) is 0 Å². The van der Waals surface area contributed by atoms with Gasteiger partial charge in [-0.05, 0) is 12.1 Å². The normalized spacial score (nSPS) is 11.5. The molecule has 2 rings (SSSR count). The minimum atomic E-state index is -4.76. The number of benzene rings is 2. The van der Waals surface area contributed by atoms with E-state index in [9.17, 15) is 30.4 Å². The van der Waals surface area contributed by atoms with Crippen LogP contribution in [0.3, 0.4) is 0 Å². The topological polar surface area (TPSA) is 46.2 Å². The van der Waals surface area contributed by atoms with Crippen molar-refractivity contribution >= 4 is 15.7 Å². The highest BCUT2D eigenvalue weighted by Gasteiger charge is 2.26. The molecule has 0 saturated carbocycles. The van der Waals surface area contributed by atoms with E-state index in [-0.39, 0.29) is 6.07 Å². The molecule has 0 fully saturated rings. The van der Waals surface area contributed by atoms with Crippen molar-refractivity contribution in [2.75, 3.05) is 4.72 Å². The average Bonchev–Trinajstić information content (AvgIpc) is 2.42. The van der Waals surface area contributed by atoms with Crippen LogP contribution in [0.25, 0.3) is 0 Å². The Morgan fingerprint density at radius 1 is 0.810 bits per heavy atom. The molecule has 0 bridgehead atoms. The average molecular weight is 323 g/mol. The summed E-state index contributed by atoms with van der Waals surface area (Å²) >= 11 is 0. The van der Waals surface area contributed by atoms with E-state index in [1.54, 1.807) is 0 Å². The van der Waals surface area contributed by atoms with Gasteiger partial charge in [0.15, 0.2) is 23.3 Å². The summed E-state index contributed by atoms with van der Waals surface area (Å²) in [6.45, 7) is 0. The van der Waals surface area contributed by atoms with Crippen LogP contribution in [0, 0.1) is 29.1 Å². The van der Waals surface area contributed by atoms with E-state index in [0.29, 0.717) is 0 Å². The summed E-state index contributed by atoms with van der Waals surface area (Å²) in [6, 6.07) is 3.90. The fourth-order valence-corrected chi connectivity index (χ4v) is 2.66. The molecule has 2 aromatic rings. The SMILES string of the molecule is O=S(=O)(Nc1c(F)c(F)cc(F)c1F)c1ccccc1F. The van der Waals surface area contributed by atoms with Crippen LogP contribution in [0.15, 0.2) is 35.2 Å². The molecule has 0 aliphatic carbocycles. The largest absolute Gasteiger partial charge is 0.274 e. The lowest BCUT2D eigenvalue weighted by molar-refractivity contribution is 0.459. The highest BCUT2D eigenvalue weighted by atomic mass is 32.2. The minimum absolute atomic E-state index is 0.0778. The zero-order valence-electron chi connectivity index (χ0n) is 10.0. The Balaban J connectivity index is 2.55. The zero-order chi connectivity index (χ0) is 15.8. The van der Waals surface area contributed by atoms with E-state index in [1.807, 2.05) is 0 Å². The first kappa shape index (κ1) is 15.2. The summed E-state index contributed by atoms with van der Waals surface area (Å²) in [4.78, 5) is -0.923. The number of sulfonamides is 1. The lowest BCUT2D eigenvalue weighted by atomic mass is 10.3. The number of rotatable bonds is 3. The van der Waals surface area contributed by atoms with Gasteiger partial charge in [-0.2, -0.15) is 0 Å². The number of hydrogen-bond acceptors (Lipinski definition) is 2. The first-order chi connectivity index (χ1) is 9.74. The molecule has 21 heavy (non-hydrogen) atoms. The molecule has 0 amide bonds. The van der Waals surface area contributed by atoms with Crippen molar-refractivity contribution in [1.29, 1.82) is 0 Å². The summed E-state index contributed by atoms with van der Waals surface area (Å²) in [7, 11) is -4.76. The van der Waals surface area contributed by atoms with Crippen molar-refractivity contribution in [2.24, 2.45) is 0 Å². The lowest BCUT2D eigenvalue weighted by Gasteiger charge is -2.11. The van der Waals surface area contributed by atoms with Crippen molar-refractivity contribution in [3.05, 3.63) is 59.4 Å². The van der Waals surface area contributed by atoms with Crippen LogP contribution in [0.5, 0.6) is 0 Å². The van der Waals surface area contributed by atoms with E-state index in [1.165, 1.54) is 10.8 Å². The Kier molecular flexibility index (Phi) is 3.86. The predicted octanol–water partition coefficient (Wildman–Crippen LogP) is 3.18. The number of halogens is 5. The minimum Gasteiger partial charge on any atom is -0.274 e. The fourth-order valence-electron chi connectivity index (χ4n) is 1.51. The van der Waals surface area contributed by atoms with Crippen molar-refractivity contribution in [1.82, 2.24) is 0 Å². The van der Waals surface area contributed by atoms with Crippen LogP contribution in [0.1, 0.15) is 0 Å². The molecule has 0 radical (unpaired) electrons. The van der Waals surface area contributed by atoms with Gasteiger partial charge in [-0.3, -0.25) is 4.72 Å². The highest BCUT2D eigenvalue weighted by Crippen LogP contribution is 2.27. The van der Waals surface area contributed by atoms with Crippen LogP contribution in [-0.4, -0.2) is 8.42 Å². The van der Waals surface area contributed by atoms with Gasteiger partial charge in [0.1, 0.15) is 16.4 Å². The van der Waals surface area contributed by atoms with Gasteiger partial charge < -0.3 is 0 Å². The molecule has 112 valence electrons. The molecule has 0 aromatic heterocycles. The Morgan fingerprint density at radius 3 is 1.86 bits per heavy atom. The number of anilines is 1. The third-order valence-corrected chi connectivity index (χ3v) is 3.86. The molecule has 0 saturated heterocycles. The molecule has 0 spiro atoms. The van der Waals surface area contributed by atoms with Gasteiger partial charge >= 0.3 is 0 Å². The molecule has 0 heterocycles. The van der Waals surface area contributed by atoms with Crippen LogP contribution >= 0.6 is 0 Å². The second kappa shape index (κ2) is 5.32. The summed E-state index contributed by atoms with van der Waals surface area (Å²) in [5.41, 5.74) is -1.56. The Labute approximate surface area is 116 Å². The van der Waals surface area contributed by atoms with Crippen LogP contribution in [0.4, 0.5) is 27.6 Å². The summed E-state index contributed by atoms with van der Waals surface area (Å²) in [5.74, 6) is -8.65. The van der Waals surface area contributed by atoms with Crippen molar-refractivity contribution in [3.8, 4) is 0 Å². The van der Waals surface area contributed by atoms with E-state index in [2.05, 4.69) is 0 Å². The van der Waals surface area contributed by atoms with E-state index < -0.39 is 49.7 Å². The molecule has 1 N–H and O–H groups in total. The van der Waals surface area contributed by atoms with Gasteiger partial charge in [-0.1, -0.05) is 12.1 Å². The number of hydrogen-bond donors (Lipinski definition) is 1. The van der Waals surface area contributed by atoms with Crippen molar-refractivity contribution in [2.45, 2.75) is 4.90 Å². The summed E-state index contributed by atoms with van der Waals surface area (Å²) in [5, 5.41) is 0. The molecule has 2 aromatic carbocycles. The molecule has 0 atom stereocenters. The first-order valence-electron chi connectivity index (χ1n) is 5.34. The highest BCUT2D eigenvalue weighted by molar-refractivity contribution is 7.92. The summed E-state index contributed by atoms with van der Waals surface area (Å²) < 4.78 is 91.1. The van der Waals surface area contributed by atoms with Gasteiger partial charge in [0.05, 0.1) is 0 Å². The first-order valence-corrected chi connectivity index (χ1v) is 6.82. The summed E-state index contributed by atoms with van der Waals surface area (Å²) in [6.07, 6.45) is 0. The molecule has 0 unspecified atom stereocenters. The number of nitrogens with one attached hydrogen (secondary N) is 1. The second-order valence-corrected chi connectivity index (χ2v) is 5.53. The lowest BCUT2D eigenvalue weighted by Crippen LogP contribution is -2.17. The Morgan fingerprint density at radius 2 is 1.33 bits per heavy atom. The molecule has 0 aliphatic heterocycles. The van der Waals surface area contributed by atoms with E-state index >= 15 is 0 Å². The molecular formula is C12H6F5NO2S. The van der Waals surface area contributed by atoms with E-state index in [4.69, 9.17) is 0 Å². The Bertz CT molecular complexity index is 781. The monoisotopic (exact) mass is 323 g/mol. The maximum absolute atomic E-state index is 13.4. The molecule has 0 aliphatic rings. The standard InChI is InChI=1S/C12H6F5NO2S/c13-6-3-1-2-4-9(6)21(19,20)18-12-10(16)7(14)5-8(15)11(12)17/h1-5,18H. The quantitative estimate of drug-likeness (QED) is 0.696. The van der Waals surface area contributed by atoms with Crippen LogP contribution in [-0.2, 0) is 10.0 Å². The maximum atomic E-state index is 13.4. The predicted molar refractivity (Wildman–Crippen MR) is 63.5 cm³/mol. The van der Waals surface area contributed by atoms with E-state index in [0.717, 1.165) is 18.2 Å². The fraction of sp³-hybridized carbons (Fsp3) is 0. The van der Waals surface area contributed by atoms with Gasteiger partial charge in [0, 0.05) is 6.07 Å². The second-order valence-electron chi connectivity index (χ2n) is 3.88. The Hall–Kier alpha value is -2.16. The van der Waals surface area contributed by atoms with Gasteiger partial charge in [0.25, 0.3) is 10.0 Å². The molecule has 3 nitrogen and oxygen atoms in total. The van der Waals surface area contributed by atoms with Gasteiger partial charge in [0.2, 0.25) is 0 Å². The molecule has 9 heteroatoms.